The molecule has 0 bridgehead atoms. The Hall–Kier alpha value is -3.42. The first-order valence-electron chi connectivity index (χ1n) is 12.0. The maximum atomic E-state index is 13.1. The molecule has 10 heteroatoms. The van der Waals surface area contributed by atoms with Crippen LogP contribution < -0.4 is 15.4 Å². The maximum Gasteiger partial charge on any atom is 0.319 e. The van der Waals surface area contributed by atoms with E-state index in [1.165, 1.54) is 5.56 Å². The molecule has 1 aliphatic heterocycles. The molecule has 9 nitrogen and oxygen atoms in total. The maximum absolute atomic E-state index is 13.1. The molecule has 0 aliphatic carbocycles. The van der Waals surface area contributed by atoms with Crippen molar-refractivity contribution in [3.05, 3.63) is 64.7 Å². The number of carbonyl (C=O) groups is 2. The van der Waals surface area contributed by atoms with Gasteiger partial charge in [0.25, 0.3) is 5.91 Å². The summed E-state index contributed by atoms with van der Waals surface area (Å²) in [6, 6.07) is 14.5. The minimum absolute atomic E-state index is 0.0835. The average molecular weight is 512 g/mol. The molecule has 3 rings (SSSR count). The second-order valence-electron chi connectivity index (χ2n) is 9.20. The van der Waals surface area contributed by atoms with Crippen molar-refractivity contribution in [2.75, 3.05) is 31.5 Å². The minimum atomic E-state index is -3.39. The van der Waals surface area contributed by atoms with Gasteiger partial charge in [0, 0.05) is 37.4 Å². The van der Waals surface area contributed by atoms with E-state index in [4.69, 9.17) is 5.26 Å². The van der Waals surface area contributed by atoms with Gasteiger partial charge in [0.05, 0.1) is 16.9 Å². The molecule has 1 fully saturated rings. The van der Waals surface area contributed by atoms with Crippen molar-refractivity contribution in [1.29, 1.82) is 5.26 Å². The molecular weight excluding hydrogens is 478 g/mol. The molecule has 36 heavy (non-hydrogen) atoms. The lowest BCUT2D eigenvalue weighted by atomic mass is 9.89. The Morgan fingerprint density at radius 2 is 1.75 bits per heavy atom. The van der Waals surface area contributed by atoms with Crippen LogP contribution >= 0.6 is 0 Å². The van der Waals surface area contributed by atoms with E-state index in [9.17, 15) is 18.0 Å². The van der Waals surface area contributed by atoms with Crippen LogP contribution in [0.3, 0.4) is 0 Å². The van der Waals surface area contributed by atoms with Crippen molar-refractivity contribution in [2.24, 2.45) is 0 Å². The highest BCUT2D eigenvalue weighted by Crippen LogP contribution is 2.29. The van der Waals surface area contributed by atoms with Crippen LogP contribution in [0.25, 0.3) is 0 Å². The fraction of sp³-hybridized carbons (Fsp3) is 0.423. The molecule has 0 saturated carbocycles. The van der Waals surface area contributed by atoms with Gasteiger partial charge in [-0.15, -0.1) is 0 Å². The fourth-order valence-electron chi connectivity index (χ4n) is 4.02. The van der Waals surface area contributed by atoms with Crippen LogP contribution in [0.15, 0.2) is 42.5 Å². The van der Waals surface area contributed by atoms with E-state index in [2.05, 4.69) is 21.4 Å². The molecule has 0 spiro atoms. The first-order valence-corrected chi connectivity index (χ1v) is 13.6. The largest absolute Gasteiger partial charge is 0.339 e. The number of anilines is 1. The Labute approximate surface area is 212 Å². The summed E-state index contributed by atoms with van der Waals surface area (Å²) >= 11 is 0. The van der Waals surface area contributed by atoms with Gasteiger partial charge in [-0.25, -0.2) is 17.9 Å². The summed E-state index contributed by atoms with van der Waals surface area (Å²) in [5, 5.41) is 13.8. The Kier molecular flexibility index (Phi) is 9.07. The van der Waals surface area contributed by atoms with Crippen molar-refractivity contribution < 1.29 is 18.0 Å². The summed E-state index contributed by atoms with van der Waals surface area (Å²) in [6.07, 6.45) is 1.69. The van der Waals surface area contributed by atoms with Crippen LogP contribution in [0.5, 0.6) is 0 Å². The number of nitrogens with zero attached hydrogens (tertiary/aromatic N) is 2. The monoisotopic (exact) mass is 511 g/mol. The topological polar surface area (TPSA) is 131 Å². The number of urea groups is 1. The number of hydrogen-bond donors (Lipinski definition) is 3. The van der Waals surface area contributed by atoms with Crippen LogP contribution in [0.2, 0.25) is 0 Å². The molecule has 0 radical (unpaired) electrons. The van der Waals surface area contributed by atoms with Crippen LogP contribution in [0, 0.1) is 18.3 Å². The molecule has 3 amide bonds. The lowest BCUT2D eigenvalue weighted by Crippen LogP contribution is -2.39. The second kappa shape index (κ2) is 12.0. The lowest BCUT2D eigenvalue weighted by Gasteiger charge is -2.32. The summed E-state index contributed by atoms with van der Waals surface area (Å²) in [6.45, 7) is 6.48. The highest BCUT2D eigenvalue weighted by molar-refractivity contribution is 7.90. The molecule has 0 unspecified atom stereocenters. The van der Waals surface area contributed by atoms with Crippen LogP contribution in [-0.2, 0) is 10.0 Å². The summed E-state index contributed by atoms with van der Waals surface area (Å²) in [4.78, 5) is 27.3. The number of likely N-dealkylation sites (tertiary alicyclic amines) is 1. The lowest BCUT2D eigenvalue weighted by molar-refractivity contribution is 0.0713. The van der Waals surface area contributed by atoms with E-state index in [1.807, 2.05) is 36.1 Å². The van der Waals surface area contributed by atoms with Gasteiger partial charge < -0.3 is 15.5 Å². The minimum Gasteiger partial charge on any atom is -0.339 e. The number of amides is 3. The van der Waals surface area contributed by atoms with Gasteiger partial charge in [0.2, 0.25) is 10.0 Å². The zero-order valence-corrected chi connectivity index (χ0v) is 21.7. The van der Waals surface area contributed by atoms with Crippen LogP contribution in [0.1, 0.15) is 59.7 Å². The van der Waals surface area contributed by atoms with Crippen molar-refractivity contribution in [3.63, 3.8) is 0 Å². The predicted octanol–water partition coefficient (Wildman–Crippen LogP) is 3.34. The number of nitrogens with one attached hydrogen (secondary N) is 3. The third kappa shape index (κ3) is 7.06. The van der Waals surface area contributed by atoms with E-state index in [1.54, 1.807) is 32.0 Å². The molecule has 0 aromatic heterocycles. The quantitative estimate of drug-likeness (QED) is 0.468. The zero-order chi connectivity index (χ0) is 26.3. The Morgan fingerprint density at radius 3 is 2.36 bits per heavy atom. The van der Waals surface area contributed by atoms with E-state index in [-0.39, 0.29) is 19.0 Å². The normalized spacial score (nSPS) is 14.4. The third-order valence-corrected chi connectivity index (χ3v) is 8.21. The average Bonchev–Trinajstić information content (AvgIpc) is 2.87. The van der Waals surface area contributed by atoms with E-state index < -0.39 is 21.3 Å². The van der Waals surface area contributed by atoms with Crippen LogP contribution in [0.4, 0.5) is 10.5 Å². The zero-order valence-electron chi connectivity index (χ0n) is 20.9. The predicted molar refractivity (Wildman–Crippen MR) is 139 cm³/mol. The SMILES string of the molecule is Cc1ccc(C(=O)N2CCC(c3ccc(C#N)cc3)CC2)cc1NC(=O)NCCNS(=O)(=O)C(C)C. The number of carbonyl (C=O) groups excluding carboxylic acids is 2. The van der Waals surface area contributed by atoms with Gasteiger partial charge in [-0.2, -0.15) is 5.26 Å². The second-order valence-corrected chi connectivity index (χ2v) is 11.5. The van der Waals surface area contributed by atoms with Crippen molar-refractivity contribution in [3.8, 4) is 6.07 Å². The van der Waals surface area contributed by atoms with E-state index in [0.717, 1.165) is 18.4 Å². The van der Waals surface area contributed by atoms with E-state index in [0.29, 0.717) is 35.8 Å². The van der Waals surface area contributed by atoms with Crippen LogP contribution in [-0.4, -0.2) is 56.7 Å². The third-order valence-electron chi connectivity index (χ3n) is 6.36. The summed E-state index contributed by atoms with van der Waals surface area (Å²) in [5.41, 5.74) is 3.65. The number of aryl methyl sites for hydroxylation is 1. The molecule has 1 saturated heterocycles. The highest BCUT2D eigenvalue weighted by atomic mass is 32.2. The van der Waals surface area contributed by atoms with Gasteiger partial charge in [-0.3, -0.25) is 4.79 Å². The summed E-state index contributed by atoms with van der Waals surface area (Å²) < 4.78 is 26.0. The Morgan fingerprint density at radius 1 is 1.08 bits per heavy atom. The smallest absolute Gasteiger partial charge is 0.319 e. The first kappa shape index (κ1) is 27.2. The van der Waals surface area contributed by atoms with Gasteiger partial charge in [0.1, 0.15) is 0 Å². The molecule has 1 aliphatic rings. The number of hydrogen-bond acceptors (Lipinski definition) is 5. The number of nitriles is 1. The molecule has 2 aromatic rings. The Balaban J connectivity index is 1.53. The highest BCUT2D eigenvalue weighted by Gasteiger charge is 2.25. The van der Waals surface area contributed by atoms with Gasteiger partial charge in [-0.1, -0.05) is 18.2 Å². The standard InChI is InChI=1S/C26H33N5O4S/c1-18(2)36(34,35)29-13-12-28-26(33)30-24-16-23(7-4-19(24)3)25(32)31-14-10-22(11-15-31)21-8-5-20(17-27)6-9-21/h4-9,16,18,22,29H,10-15H2,1-3H3,(H2,28,30,33). The summed E-state index contributed by atoms with van der Waals surface area (Å²) in [5.74, 6) is 0.269. The van der Waals surface area contributed by atoms with Crippen molar-refractivity contribution >= 4 is 27.6 Å². The van der Waals surface area contributed by atoms with Gasteiger partial charge in [-0.05, 0) is 74.9 Å². The van der Waals surface area contributed by atoms with Gasteiger partial charge in [0.15, 0.2) is 0 Å². The van der Waals surface area contributed by atoms with Gasteiger partial charge >= 0.3 is 6.03 Å². The number of sulfonamides is 1. The molecular formula is C26H33N5O4S. The number of rotatable bonds is 8. The number of piperidine rings is 1. The first-order chi connectivity index (χ1) is 17.1. The molecule has 3 N–H and O–H groups in total. The van der Waals surface area contributed by atoms with Crippen molar-refractivity contribution in [1.82, 2.24) is 14.9 Å². The fourth-order valence-corrected chi connectivity index (χ4v) is 4.74. The Bertz CT molecular complexity index is 1230. The summed E-state index contributed by atoms with van der Waals surface area (Å²) in [7, 11) is -3.39. The molecule has 2 aromatic carbocycles. The molecule has 192 valence electrons. The molecule has 0 atom stereocenters. The van der Waals surface area contributed by atoms with Crippen molar-refractivity contribution in [2.45, 2.75) is 44.8 Å². The van der Waals surface area contributed by atoms with E-state index >= 15 is 0 Å². The number of benzene rings is 2. The molecule has 1 heterocycles.